The maximum absolute atomic E-state index is 11.7. The molecule has 1 atom stereocenters. The molecule has 1 heterocycles. The van der Waals surface area contributed by atoms with E-state index in [4.69, 9.17) is 4.74 Å². The Morgan fingerprint density at radius 1 is 1.47 bits per heavy atom. The van der Waals surface area contributed by atoms with Crippen LogP contribution in [0.5, 0.6) is 0 Å². The Kier molecular flexibility index (Phi) is 5.68. The Labute approximate surface area is 109 Å². The van der Waals surface area contributed by atoms with Gasteiger partial charge in [-0.2, -0.15) is 5.10 Å². The summed E-state index contributed by atoms with van der Waals surface area (Å²) >= 11 is 0. The van der Waals surface area contributed by atoms with Crippen molar-refractivity contribution in [2.75, 3.05) is 20.3 Å². The van der Waals surface area contributed by atoms with Gasteiger partial charge in [0.15, 0.2) is 0 Å². The minimum absolute atomic E-state index is 0.0381. The number of ether oxygens (including phenoxy) is 1. The maximum Gasteiger partial charge on any atom is 0.272 e. The number of nitrogens with one attached hydrogen (secondary N) is 3. The van der Waals surface area contributed by atoms with Crippen LogP contribution in [0.2, 0.25) is 0 Å². The number of aromatic nitrogens is 2. The monoisotopic (exact) mass is 268 g/mol. The highest BCUT2D eigenvalue weighted by atomic mass is 16.5. The molecule has 0 aliphatic heterocycles. The molecule has 1 unspecified atom stereocenters. The lowest BCUT2D eigenvalue weighted by Crippen LogP contribution is -2.45. The Hall–Kier alpha value is -2.22. The summed E-state index contributed by atoms with van der Waals surface area (Å²) in [6, 6.07) is 1.76. The van der Waals surface area contributed by atoms with Crippen molar-refractivity contribution in [1.29, 1.82) is 0 Å². The van der Waals surface area contributed by atoms with E-state index in [9.17, 15) is 14.4 Å². The van der Waals surface area contributed by atoms with Gasteiger partial charge in [-0.3, -0.25) is 14.4 Å². The van der Waals surface area contributed by atoms with Crippen molar-refractivity contribution in [2.24, 2.45) is 0 Å². The van der Waals surface area contributed by atoms with Crippen LogP contribution in [0.15, 0.2) is 16.9 Å². The van der Waals surface area contributed by atoms with Gasteiger partial charge >= 0.3 is 0 Å². The third-order valence-corrected chi connectivity index (χ3v) is 2.26. The highest BCUT2D eigenvalue weighted by molar-refractivity contribution is 5.95. The van der Waals surface area contributed by atoms with Crippen LogP contribution in [-0.2, 0) is 9.53 Å². The number of hydrogen-bond acceptors (Lipinski definition) is 5. The summed E-state index contributed by atoms with van der Waals surface area (Å²) in [5.41, 5.74) is -0.363. The van der Waals surface area contributed by atoms with Crippen molar-refractivity contribution in [3.05, 3.63) is 28.2 Å². The average Bonchev–Trinajstić information content (AvgIpc) is 2.39. The Bertz CT molecular complexity index is 479. The summed E-state index contributed by atoms with van der Waals surface area (Å²) in [4.78, 5) is 34.1. The average molecular weight is 268 g/mol. The van der Waals surface area contributed by atoms with Crippen LogP contribution >= 0.6 is 0 Å². The van der Waals surface area contributed by atoms with Crippen LogP contribution in [0.25, 0.3) is 0 Å². The lowest BCUT2D eigenvalue weighted by molar-refractivity contribution is -0.122. The van der Waals surface area contributed by atoms with E-state index in [1.54, 1.807) is 6.92 Å². The Balaban J connectivity index is 2.49. The molecule has 8 nitrogen and oxygen atoms in total. The Morgan fingerprint density at radius 3 is 2.79 bits per heavy atom. The van der Waals surface area contributed by atoms with E-state index in [0.29, 0.717) is 13.2 Å². The number of methoxy groups -OCH3 is 1. The van der Waals surface area contributed by atoms with Gasteiger partial charge in [0.05, 0.1) is 6.61 Å². The molecule has 0 aromatic carbocycles. The second-order valence-electron chi connectivity index (χ2n) is 3.79. The second kappa shape index (κ2) is 7.27. The molecular weight excluding hydrogens is 252 g/mol. The number of rotatable bonds is 6. The molecule has 8 heteroatoms. The summed E-state index contributed by atoms with van der Waals surface area (Å²) in [5.74, 6) is -0.861. The largest absolute Gasteiger partial charge is 0.383 e. The van der Waals surface area contributed by atoms with Gasteiger partial charge in [-0.05, 0) is 13.0 Å². The minimum atomic E-state index is -0.710. The van der Waals surface area contributed by atoms with E-state index in [1.165, 1.54) is 19.2 Å². The molecule has 1 rings (SSSR count). The molecule has 1 aromatic rings. The van der Waals surface area contributed by atoms with Crippen LogP contribution in [0, 0.1) is 0 Å². The quantitative estimate of drug-likeness (QED) is 0.552. The molecule has 0 saturated heterocycles. The smallest absolute Gasteiger partial charge is 0.272 e. The van der Waals surface area contributed by atoms with Crippen LogP contribution in [-0.4, -0.2) is 48.3 Å². The van der Waals surface area contributed by atoms with Gasteiger partial charge in [-0.1, -0.05) is 0 Å². The van der Waals surface area contributed by atoms with Gasteiger partial charge in [-0.15, -0.1) is 0 Å². The first-order valence-electron chi connectivity index (χ1n) is 5.68. The van der Waals surface area contributed by atoms with Crippen molar-refractivity contribution >= 4 is 11.8 Å². The first kappa shape index (κ1) is 14.8. The lowest BCUT2D eigenvalue weighted by Gasteiger charge is -2.13. The van der Waals surface area contributed by atoms with E-state index >= 15 is 0 Å². The summed E-state index contributed by atoms with van der Waals surface area (Å²) in [6.45, 7) is 2.31. The topological polar surface area (TPSA) is 113 Å². The third kappa shape index (κ3) is 4.88. The van der Waals surface area contributed by atoms with Gasteiger partial charge in [0.25, 0.3) is 11.5 Å². The highest BCUT2D eigenvalue weighted by Gasteiger charge is 2.16. The van der Waals surface area contributed by atoms with Gasteiger partial charge in [0.1, 0.15) is 11.7 Å². The number of amides is 2. The first-order chi connectivity index (χ1) is 9.04. The molecule has 0 aliphatic rings. The van der Waals surface area contributed by atoms with Crippen molar-refractivity contribution < 1.29 is 14.3 Å². The van der Waals surface area contributed by atoms with Crippen molar-refractivity contribution in [2.45, 2.75) is 13.0 Å². The summed E-state index contributed by atoms with van der Waals surface area (Å²) in [5, 5.41) is 10.8. The van der Waals surface area contributed by atoms with Gasteiger partial charge < -0.3 is 15.4 Å². The fourth-order valence-electron chi connectivity index (χ4n) is 1.24. The Morgan fingerprint density at radius 2 is 2.21 bits per heavy atom. The van der Waals surface area contributed by atoms with Crippen LogP contribution in [0.1, 0.15) is 17.4 Å². The van der Waals surface area contributed by atoms with E-state index in [1.807, 2.05) is 0 Å². The molecule has 19 heavy (non-hydrogen) atoms. The predicted octanol–water partition coefficient (Wildman–Crippen LogP) is -1.35. The van der Waals surface area contributed by atoms with Crippen LogP contribution in [0.4, 0.5) is 0 Å². The molecular formula is C11H16N4O4. The molecule has 0 fully saturated rings. The second-order valence-corrected chi connectivity index (χ2v) is 3.79. The van der Waals surface area contributed by atoms with E-state index < -0.39 is 17.5 Å². The lowest BCUT2D eigenvalue weighted by atomic mass is 10.3. The number of hydrogen-bond donors (Lipinski definition) is 3. The normalized spacial score (nSPS) is 11.7. The standard InChI is InChI=1S/C11H16N4O4/c1-7(10(17)12-5-6-19-2)13-11(18)8-3-4-9(16)15-14-8/h3-4,7H,5-6H2,1-2H3,(H,12,17)(H,13,18)(H,15,16). The number of H-pyrrole nitrogens is 1. The van der Waals surface area contributed by atoms with Gasteiger partial charge in [-0.25, -0.2) is 5.10 Å². The zero-order chi connectivity index (χ0) is 14.3. The number of aromatic amines is 1. The molecule has 0 spiro atoms. The van der Waals surface area contributed by atoms with Crippen LogP contribution < -0.4 is 16.2 Å². The number of nitrogens with zero attached hydrogens (tertiary/aromatic N) is 1. The molecule has 0 aliphatic carbocycles. The molecule has 1 aromatic heterocycles. The molecule has 3 N–H and O–H groups in total. The van der Waals surface area contributed by atoms with Crippen molar-refractivity contribution in [1.82, 2.24) is 20.8 Å². The van der Waals surface area contributed by atoms with Crippen molar-refractivity contribution in [3.8, 4) is 0 Å². The van der Waals surface area contributed by atoms with Crippen molar-refractivity contribution in [3.63, 3.8) is 0 Å². The van der Waals surface area contributed by atoms with E-state index in [2.05, 4.69) is 20.8 Å². The maximum atomic E-state index is 11.7. The molecule has 104 valence electrons. The fraction of sp³-hybridized carbons (Fsp3) is 0.455. The van der Waals surface area contributed by atoms with Gasteiger partial charge in [0, 0.05) is 19.7 Å². The summed E-state index contributed by atoms with van der Waals surface area (Å²) < 4.78 is 4.79. The zero-order valence-electron chi connectivity index (χ0n) is 10.7. The van der Waals surface area contributed by atoms with Crippen LogP contribution in [0.3, 0.4) is 0 Å². The molecule has 0 radical (unpaired) electrons. The SMILES string of the molecule is COCCNC(=O)C(C)NC(=O)c1ccc(=O)[nH]n1. The van der Waals surface area contributed by atoms with E-state index in [0.717, 1.165) is 0 Å². The molecule has 2 amide bonds. The van der Waals surface area contributed by atoms with Gasteiger partial charge in [0.2, 0.25) is 5.91 Å². The highest BCUT2D eigenvalue weighted by Crippen LogP contribution is 1.91. The number of carbonyl (C=O) groups is 2. The zero-order valence-corrected chi connectivity index (χ0v) is 10.7. The summed E-state index contributed by atoms with van der Waals surface area (Å²) in [7, 11) is 1.53. The van der Waals surface area contributed by atoms with E-state index in [-0.39, 0.29) is 11.6 Å². The molecule has 0 bridgehead atoms. The predicted molar refractivity (Wildman–Crippen MR) is 66.7 cm³/mol. The first-order valence-corrected chi connectivity index (χ1v) is 5.68. The number of carbonyl (C=O) groups excluding carboxylic acids is 2. The fourth-order valence-corrected chi connectivity index (χ4v) is 1.24. The minimum Gasteiger partial charge on any atom is -0.383 e. The molecule has 0 saturated carbocycles. The third-order valence-electron chi connectivity index (χ3n) is 2.26. The summed E-state index contributed by atoms with van der Waals surface area (Å²) in [6.07, 6.45) is 0.